The number of aliphatic hydroxyl groups is 1. The molecule has 0 aromatic carbocycles. The van der Waals surface area contributed by atoms with E-state index >= 15 is 0 Å². The van der Waals surface area contributed by atoms with Crippen molar-refractivity contribution in [2.75, 3.05) is 26.7 Å². The molecule has 0 amide bonds. The molecule has 0 aromatic heterocycles. The number of rotatable bonds is 1. The third kappa shape index (κ3) is 2.10. The normalized spacial score (nSPS) is 34.3. The predicted octanol–water partition coefficient (Wildman–Crippen LogP) is 0.585. The van der Waals surface area contributed by atoms with Gasteiger partial charge in [-0.3, -0.25) is 0 Å². The molecular formula is C11H22N2O. The summed E-state index contributed by atoms with van der Waals surface area (Å²) < 4.78 is 0. The first-order valence-corrected chi connectivity index (χ1v) is 5.85. The van der Waals surface area contributed by atoms with Crippen LogP contribution in [-0.2, 0) is 0 Å². The first kappa shape index (κ1) is 10.4. The van der Waals surface area contributed by atoms with E-state index in [2.05, 4.69) is 17.3 Å². The fourth-order valence-corrected chi connectivity index (χ4v) is 2.66. The second-order valence-electron chi connectivity index (χ2n) is 4.91. The second-order valence-corrected chi connectivity index (χ2v) is 4.91. The molecule has 14 heavy (non-hydrogen) atoms. The zero-order valence-corrected chi connectivity index (χ0v) is 9.13. The Bertz CT molecular complexity index is 182. The fraction of sp³-hybridized carbons (Fsp3) is 1.00. The van der Waals surface area contributed by atoms with Crippen LogP contribution in [-0.4, -0.2) is 48.3 Å². The third-order valence-electron chi connectivity index (χ3n) is 3.81. The van der Waals surface area contributed by atoms with Crippen molar-refractivity contribution >= 4 is 0 Å². The minimum absolute atomic E-state index is 0.352. The summed E-state index contributed by atoms with van der Waals surface area (Å²) in [7, 11) is 2.13. The molecule has 3 heteroatoms. The molecule has 0 spiro atoms. The molecule has 0 aromatic rings. The van der Waals surface area contributed by atoms with Crippen LogP contribution in [0.25, 0.3) is 0 Å². The van der Waals surface area contributed by atoms with E-state index in [4.69, 9.17) is 0 Å². The van der Waals surface area contributed by atoms with Crippen molar-refractivity contribution in [3.8, 4) is 0 Å². The molecule has 0 radical (unpaired) electrons. The maximum absolute atomic E-state index is 10.5. The molecule has 2 aliphatic rings. The lowest BCUT2D eigenvalue weighted by Gasteiger charge is -2.43. The summed E-state index contributed by atoms with van der Waals surface area (Å²) in [5.74, 6) is 0. The Kier molecular flexibility index (Phi) is 3.10. The zero-order valence-electron chi connectivity index (χ0n) is 9.13. The van der Waals surface area contributed by atoms with Crippen LogP contribution in [0.15, 0.2) is 0 Å². The molecule has 2 fully saturated rings. The van der Waals surface area contributed by atoms with Crippen LogP contribution in [0.2, 0.25) is 0 Å². The van der Waals surface area contributed by atoms with Gasteiger partial charge < -0.3 is 15.3 Å². The van der Waals surface area contributed by atoms with Gasteiger partial charge in [-0.25, -0.2) is 0 Å². The minimum Gasteiger partial charge on any atom is -0.388 e. The number of hydrogen-bond acceptors (Lipinski definition) is 3. The molecule has 2 saturated heterocycles. The van der Waals surface area contributed by atoms with E-state index in [1.54, 1.807) is 0 Å². The summed E-state index contributed by atoms with van der Waals surface area (Å²) in [6.07, 6.45) is 5.56. The minimum atomic E-state index is -0.424. The standard InChI is InChI=1S/C11H22N2O/c1-13-8-5-11(14,6-9-13)10-4-2-3-7-12-10/h10,12,14H,2-9H2,1H3. The zero-order chi connectivity index (χ0) is 10.0. The number of nitrogens with zero attached hydrogens (tertiary/aromatic N) is 1. The lowest BCUT2D eigenvalue weighted by atomic mass is 9.80. The quantitative estimate of drug-likeness (QED) is 0.647. The first-order valence-electron chi connectivity index (χ1n) is 5.85. The average Bonchev–Trinajstić information content (AvgIpc) is 2.24. The van der Waals surface area contributed by atoms with E-state index < -0.39 is 5.60 Å². The van der Waals surface area contributed by atoms with Crippen LogP contribution in [0, 0.1) is 0 Å². The van der Waals surface area contributed by atoms with Crippen LogP contribution in [0.1, 0.15) is 32.1 Å². The van der Waals surface area contributed by atoms with Gasteiger partial charge in [0.05, 0.1) is 5.60 Å². The number of piperidine rings is 2. The van der Waals surface area contributed by atoms with Crippen LogP contribution in [0.4, 0.5) is 0 Å². The molecule has 2 heterocycles. The van der Waals surface area contributed by atoms with Gasteiger partial charge in [-0.15, -0.1) is 0 Å². The molecule has 0 saturated carbocycles. The Morgan fingerprint density at radius 3 is 2.57 bits per heavy atom. The Morgan fingerprint density at radius 2 is 2.00 bits per heavy atom. The summed E-state index contributed by atoms with van der Waals surface area (Å²) in [6, 6.07) is 0.352. The maximum Gasteiger partial charge on any atom is 0.0824 e. The Hall–Kier alpha value is -0.120. The predicted molar refractivity (Wildman–Crippen MR) is 57.3 cm³/mol. The summed E-state index contributed by atoms with van der Waals surface area (Å²) >= 11 is 0. The lowest BCUT2D eigenvalue weighted by Crippen LogP contribution is -2.57. The van der Waals surface area contributed by atoms with E-state index in [9.17, 15) is 5.11 Å². The number of nitrogens with one attached hydrogen (secondary N) is 1. The molecule has 1 atom stereocenters. The van der Waals surface area contributed by atoms with Crippen LogP contribution in [0.5, 0.6) is 0 Å². The molecule has 82 valence electrons. The van der Waals surface area contributed by atoms with Crippen molar-refractivity contribution in [2.45, 2.75) is 43.7 Å². The summed E-state index contributed by atoms with van der Waals surface area (Å²) in [5, 5.41) is 14.0. The van der Waals surface area contributed by atoms with E-state index in [0.717, 1.165) is 38.9 Å². The molecular weight excluding hydrogens is 176 g/mol. The van der Waals surface area contributed by atoms with Crippen molar-refractivity contribution in [3.63, 3.8) is 0 Å². The topological polar surface area (TPSA) is 35.5 Å². The SMILES string of the molecule is CN1CCC(O)(C2CCCCN2)CC1. The van der Waals surface area contributed by atoms with Gasteiger partial charge >= 0.3 is 0 Å². The van der Waals surface area contributed by atoms with Crippen molar-refractivity contribution in [3.05, 3.63) is 0 Å². The summed E-state index contributed by atoms with van der Waals surface area (Å²) in [4.78, 5) is 2.30. The molecule has 3 nitrogen and oxygen atoms in total. The fourth-order valence-electron chi connectivity index (χ4n) is 2.66. The Balaban J connectivity index is 1.93. The third-order valence-corrected chi connectivity index (χ3v) is 3.81. The molecule has 2 rings (SSSR count). The van der Waals surface area contributed by atoms with Gasteiger partial charge in [-0.1, -0.05) is 6.42 Å². The summed E-state index contributed by atoms with van der Waals surface area (Å²) in [5.41, 5.74) is -0.424. The van der Waals surface area contributed by atoms with Gasteiger partial charge in [0.25, 0.3) is 0 Å². The van der Waals surface area contributed by atoms with E-state index in [1.807, 2.05) is 0 Å². The lowest BCUT2D eigenvalue weighted by molar-refractivity contribution is -0.0519. The van der Waals surface area contributed by atoms with Gasteiger partial charge in [0.1, 0.15) is 0 Å². The molecule has 0 bridgehead atoms. The van der Waals surface area contributed by atoms with E-state index in [0.29, 0.717) is 6.04 Å². The van der Waals surface area contributed by atoms with Gasteiger partial charge in [0.2, 0.25) is 0 Å². The molecule has 0 aliphatic carbocycles. The van der Waals surface area contributed by atoms with Crippen molar-refractivity contribution in [2.24, 2.45) is 0 Å². The Morgan fingerprint density at radius 1 is 1.29 bits per heavy atom. The summed E-state index contributed by atoms with van der Waals surface area (Å²) in [6.45, 7) is 3.16. The Labute approximate surface area is 86.5 Å². The van der Waals surface area contributed by atoms with E-state index in [1.165, 1.54) is 12.8 Å². The smallest absolute Gasteiger partial charge is 0.0824 e. The number of hydrogen-bond donors (Lipinski definition) is 2. The second kappa shape index (κ2) is 4.17. The first-order chi connectivity index (χ1) is 6.71. The highest BCUT2D eigenvalue weighted by Crippen LogP contribution is 2.29. The van der Waals surface area contributed by atoms with E-state index in [-0.39, 0.29) is 0 Å². The van der Waals surface area contributed by atoms with Crippen LogP contribution < -0.4 is 5.32 Å². The van der Waals surface area contributed by atoms with Gasteiger partial charge in [-0.2, -0.15) is 0 Å². The van der Waals surface area contributed by atoms with Gasteiger partial charge in [-0.05, 0) is 39.3 Å². The van der Waals surface area contributed by atoms with Gasteiger partial charge in [0, 0.05) is 19.1 Å². The maximum atomic E-state index is 10.5. The molecule has 1 unspecified atom stereocenters. The van der Waals surface area contributed by atoms with Crippen molar-refractivity contribution < 1.29 is 5.11 Å². The highest BCUT2D eigenvalue weighted by Gasteiger charge is 2.39. The largest absolute Gasteiger partial charge is 0.388 e. The average molecular weight is 198 g/mol. The van der Waals surface area contributed by atoms with Crippen molar-refractivity contribution in [1.82, 2.24) is 10.2 Å². The highest BCUT2D eigenvalue weighted by atomic mass is 16.3. The van der Waals surface area contributed by atoms with Gasteiger partial charge in [0.15, 0.2) is 0 Å². The monoisotopic (exact) mass is 198 g/mol. The highest BCUT2D eigenvalue weighted by molar-refractivity contribution is 4.96. The molecule has 2 N–H and O–H groups in total. The number of likely N-dealkylation sites (tertiary alicyclic amines) is 1. The van der Waals surface area contributed by atoms with Crippen LogP contribution >= 0.6 is 0 Å². The molecule has 2 aliphatic heterocycles. The van der Waals surface area contributed by atoms with Crippen molar-refractivity contribution in [1.29, 1.82) is 0 Å². The van der Waals surface area contributed by atoms with Crippen LogP contribution in [0.3, 0.4) is 0 Å².